The molecular formula is C16H16N2O7S. The van der Waals surface area contributed by atoms with E-state index in [4.69, 9.17) is 19.4 Å². The third-order valence-corrected chi connectivity index (χ3v) is 5.06. The molecule has 138 valence electrons. The molecule has 0 radical (unpaired) electrons. The minimum absolute atomic E-state index is 0.00628. The average Bonchev–Trinajstić information content (AvgIpc) is 2.60. The van der Waals surface area contributed by atoms with Gasteiger partial charge in [0.2, 0.25) is 0 Å². The van der Waals surface area contributed by atoms with Crippen LogP contribution >= 0.6 is 0 Å². The number of nitrogens with zero attached hydrogens (tertiary/aromatic N) is 1. The Hall–Kier alpha value is -2.85. The number of nitrogen functional groups attached to an aromatic ring is 1. The van der Waals surface area contributed by atoms with E-state index in [0.717, 1.165) is 5.56 Å². The number of nitrogens with two attached hydrogens (primary N) is 1. The van der Waals surface area contributed by atoms with Crippen LogP contribution in [-0.2, 0) is 14.3 Å². The number of anilines is 1. The number of nitro benzene ring substituents is 1. The van der Waals surface area contributed by atoms with Crippen molar-refractivity contribution in [3.63, 3.8) is 0 Å². The summed E-state index contributed by atoms with van der Waals surface area (Å²) in [5, 5.41) is 11.0. The first-order chi connectivity index (χ1) is 12.3. The van der Waals surface area contributed by atoms with Crippen LogP contribution in [0, 0.1) is 17.0 Å². The summed E-state index contributed by atoms with van der Waals surface area (Å²) in [5.41, 5.74) is 6.17. The Balaban J connectivity index is 1.72. The normalized spacial score (nSPS) is 16.3. The number of benzene rings is 2. The van der Waals surface area contributed by atoms with Crippen LogP contribution in [0.1, 0.15) is 5.56 Å². The molecule has 1 aliphatic rings. The van der Waals surface area contributed by atoms with Gasteiger partial charge in [0.15, 0.2) is 23.3 Å². The predicted molar refractivity (Wildman–Crippen MR) is 91.7 cm³/mol. The minimum atomic E-state index is -3.96. The van der Waals surface area contributed by atoms with E-state index in [2.05, 4.69) is 0 Å². The molecule has 26 heavy (non-hydrogen) atoms. The molecule has 1 aliphatic heterocycles. The second-order valence-electron chi connectivity index (χ2n) is 5.69. The van der Waals surface area contributed by atoms with Gasteiger partial charge in [0, 0.05) is 6.07 Å². The Kier molecular flexibility index (Phi) is 4.70. The first-order valence-corrected chi connectivity index (χ1v) is 9.01. The fourth-order valence-electron chi connectivity index (χ4n) is 2.37. The van der Waals surface area contributed by atoms with Gasteiger partial charge < -0.3 is 15.2 Å². The van der Waals surface area contributed by atoms with Crippen LogP contribution in [0.3, 0.4) is 0 Å². The SMILES string of the molecule is Cc1ccc(S(=O)(=O)OCC2COc3ccc([N+](=O)[O-])c(N)c3O2)cc1. The van der Waals surface area contributed by atoms with Crippen LogP contribution in [0.2, 0.25) is 0 Å². The molecule has 0 saturated carbocycles. The van der Waals surface area contributed by atoms with Gasteiger partial charge in [-0.25, -0.2) is 0 Å². The molecule has 3 rings (SSSR count). The maximum Gasteiger partial charge on any atom is 0.297 e. The molecular weight excluding hydrogens is 364 g/mol. The molecule has 2 N–H and O–H groups in total. The number of aryl methyl sites for hydroxylation is 1. The second kappa shape index (κ2) is 6.81. The lowest BCUT2D eigenvalue weighted by atomic mass is 10.2. The van der Waals surface area contributed by atoms with E-state index in [9.17, 15) is 18.5 Å². The minimum Gasteiger partial charge on any atom is -0.486 e. The summed E-state index contributed by atoms with van der Waals surface area (Å²) >= 11 is 0. The Bertz CT molecular complexity index is 942. The van der Waals surface area contributed by atoms with E-state index < -0.39 is 21.1 Å². The van der Waals surface area contributed by atoms with Crippen molar-refractivity contribution in [2.45, 2.75) is 17.9 Å². The molecule has 2 aromatic carbocycles. The topological polar surface area (TPSA) is 131 Å². The van der Waals surface area contributed by atoms with Crippen LogP contribution in [0.15, 0.2) is 41.3 Å². The second-order valence-corrected chi connectivity index (χ2v) is 7.30. The summed E-state index contributed by atoms with van der Waals surface area (Å²) in [7, 11) is -3.96. The molecule has 0 saturated heterocycles. The lowest BCUT2D eigenvalue weighted by Gasteiger charge is -2.26. The van der Waals surface area contributed by atoms with Crippen molar-refractivity contribution in [1.82, 2.24) is 0 Å². The van der Waals surface area contributed by atoms with Gasteiger partial charge in [-0.1, -0.05) is 17.7 Å². The molecule has 1 unspecified atom stereocenters. The summed E-state index contributed by atoms with van der Waals surface area (Å²) in [6.07, 6.45) is -0.785. The Labute approximate surface area is 149 Å². The Morgan fingerprint density at radius 2 is 1.96 bits per heavy atom. The molecule has 0 aliphatic carbocycles. The molecule has 10 heteroatoms. The smallest absolute Gasteiger partial charge is 0.297 e. The van der Waals surface area contributed by atoms with E-state index >= 15 is 0 Å². The van der Waals surface area contributed by atoms with Gasteiger partial charge in [0.1, 0.15) is 13.2 Å². The number of ether oxygens (including phenoxy) is 2. The van der Waals surface area contributed by atoms with Crippen molar-refractivity contribution in [3.05, 3.63) is 52.1 Å². The number of rotatable bonds is 5. The van der Waals surface area contributed by atoms with Gasteiger partial charge in [-0.05, 0) is 25.1 Å². The van der Waals surface area contributed by atoms with Crippen LogP contribution in [-0.4, -0.2) is 32.7 Å². The zero-order valence-electron chi connectivity index (χ0n) is 13.7. The van der Waals surface area contributed by atoms with Crippen LogP contribution in [0.25, 0.3) is 0 Å². The van der Waals surface area contributed by atoms with Crippen molar-refractivity contribution < 1.29 is 27.0 Å². The van der Waals surface area contributed by atoms with E-state index in [0.29, 0.717) is 0 Å². The van der Waals surface area contributed by atoms with Gasteiger partial charge in [-0.15, -0.1) is 0 Å². The van der Waals surface area contributed by atoms with Crippen molar-refractivity contribution in [2.24, 2.45) is 0 Å². The van der Waals surface area contributed by atoms with Crippen molar-refractivity contribution in [1.29, 1.82) is 0 Å². The standard InChI is InChI=1S/C16H16N2O7S/c1-10-2-4-12(5-3-10)26(21,22)24-9-11-8-23-14-7-6-13(18(19)20)15(17)16(14)25-11/h2-7,11H,8-9,17H2,1H3. The summed E-state index contributed by atoms with van der Waals surface area (Å²) in [5.74, 6) is 0.262. The average molecular weight is 380 g/mol. The highest BCUT2D eigenvalue weighted by molar-refractivity contribution is 7.86. The first-order valence-electron chi connectivity index (χ1n) is 7.60. The highest BCUT2D eigenvalue weighted by atomic mass is 32.2. The maximum atomic E-state index is 12.2. The van der Waals surface area contributed by atoms with Crippen LogP contribution in [0.5, 0.6) is 11.5 Å². The monoisotopic (exact) mass is 380 g/mol. The zero-order chi connectivity index (χ0) is 18.9. The van der Waals surface area contributed by atoms with E-state index in [1.807, 2.05) is 6.92 Å². The molecule has 1 heterocycles. The zero-order valence-corrected chi connectivity index (χ0v) is 14.6. The molecule has 9 nitrogen and oxygen atoms in total. The van der Waals surface area contributed by atoms with Gasteiger partial charge >= 0.3 is 0 Å². The summed E-state index contributed by atoms with van der Waals surface area (Å²) < 4.78 is 40.4. The fourth-order valence-corrected chi connectivity index (χ4v) is 3.30. The number of nitro groups is 1. The molecule has 0 fully saturated rings. The largest absolute Gasteiger partial charge is 0.486 e. The van der Waals surface area contributed by atoms with Crippen molar-refractivity contribution in [2.75, 3.05) is 18.9 Å². The van der Waals surface area contributed by atoms with Crippen molar-refractivity contribution >= 4 is 21.5 Å². The highest BCUT2D eigenvalue weighted by Gasteiger charge is 2.29. The Morgan fingerprint density at radius 1 is 1.27 bits per heavy atom. The quantitative estimate of drug-likeness (QED) is 0.361. The molecule has 2 aromatic rings. The summed E-state index contributed by atoms with van der Waals surface area (Å²) in [6, 6.07) is 8.80. The van der Waals surface area contributed by atoms with Gasteiger partial charge in [0.05, 0.1) is 9.82 Å². The highest BCUT2D eigenvalue weighted by Crippen LogP contribution is 2.42. The van der Waals surface area contributed by atoms with Crippen LogP contribution < -0.4 is 15.2 Å². The molecule has 0 spiro atoms. The number of hydrogen-bond donors (Lipinski definition) is 1. The lowest BCUT2D eigenvalue weighted by Crippen LogP contribution is -2.34. The predicted octanol–water partition coefficient (Wildman–Crippen LogP) is 2.03. The van der Waals surface area contributed by atoms with E-state index in [1.165, 1.54) is 24.3 Å². The van der Waals surface area contributed by atoms with E-state index in [1.54, 1.807) is 12.1 Å². The first kappa shape index (κ1) is 18.0. The fraction of sp³-hybridized carbons (Fsp3) is 0.250. The molecule has 0 aromatic heterocycles. The molecule has 1 atom stereocenters. The number of fused-ring (bicyclic) bond motifs is 1. The van der Waals surface area contributed by atoms with Gasteiger partial charge in [-0.3, -0.25) is 14.3 Å². The summed E-state index contributed by atoms with van der Waals surface area (Å²) in [6.45, 7) is 1.54. The van der Waals surface area contributed by atoms with Crippen LogP contribution in [0.4, 0.5) is 11.4 Å². The summed E-state index contributed by atoms with van der Waals surface area (Å²) in [4.78, 5) is 10.3. The maximum absolute atomic E-state index is 12.2. The van der Waals surface area contributed by atoms with Gasteiger partial charge in [0.25, 0.3) is 15.8 Å². The van der Waals surface area contributed by atoms with Crippen molar-refractivity contribution in [3.8, 4) is 11.5 Å². The molecule has 0 amide bonds. The Morgan fingerprint density at radius 3 is 2.62 bits per heavy atom. The number of hydrogen-bond acceptors (Lipinski definition) is 8. The lowest BCUT2D eigenvalue weighted by molar-refractivity contribution is -0.384. The third kappa shape index (κ3) is 3.55. The van der Waals surface area contributed by atoms with Gasteiger partial charge in [-0.2, -0.15) is 8.42 Å². The third-order valence-electron chi connectivity index (χ3n) is 3.76. The van der Waals surface area contributed by atoms with E-state index in [-0.39, 0.29) is 41.0 Å². The molecule has 0 bridgehead atoms.